The average molecular weight is 357 g/mol. The molecule has 1 saturated carbocycles. The highest BCUT2D eigenvalue weighted by Gasteiger charge is 2.67. The molecule has 1 saturated heterocycles. The van der Waals surface area contributed by atoms with Crippen LogP contribution >= 0.6 is 0 Å². The highest BCUT2D eigenvalue weighted by Crippen LogP contribution is 2.66. The van der Waals surface area contributed by atoms with Crippen molar-refractivity contribution < 1.29 is 14.9 Å². The standard InChI is InChI=1S/C22H31NO3/c1-4-5-6-13-12-21(2,25)20-18-14(13)11-16-15-7-8-17(24)19(26-20)22(15,18)9-10-23(16)3/h7-8,15-17,19,24-25H,4-6,9-12H2,1-3H3/t15-,16+,17-,19-,21?,22-/m0/s1. The zero-order valence-electron chi connectivity index (χ0n) is 16.2. The Bertz CT molecular complexity index is 734. The summed E-state index contributed by atoms with van der Waals surface area (Å²) in [4.78, 5) is 2.50. The minimum atomic E-state index is -0.950. The van der Waals surface area contributed by atoms with Crippen molar-refractivity contribution in [1.29, 1.82) is 0 Å². The minimum Gasteiger partial charge on any atom is -0.487 e. The molecule has 4 nitrogen and oxygen atoms in total. The van der Waals surface area contributed by atoms with Gasteiger partial charge in [0.2, 0.25) is 0 Å². The largest absolute Gasteiger partial charge is 0.487 e. The molecule has 3 aliphatic carbocycles. The Morgan fingerprint density at radius 2 is 2.15 bits per heavy atom. The highest BCUT2D eigenvalue weighted by molar-refractivity contribution is 5.57. The molecule has 4 heteroatoms. The van der Waals surface area contributed by atoms with Crippen LogP contribution < -0.4 is 0 Å². The maximum absolute atomic E-state index is 11.3. The van der Waals surface area contributed by atoms with Gasteiger partial charge in [0.25, 0.3) is 0 Å². The number of likely N-dealkylation sites (tertiary alicyclic amines) is 1. The van der Waals surface area contributed by atoms with Crippen LogP contribution in [0.3, 0.4) is 0 Å². The van der Waals surface area contributed by atoms with Crippen molar-refractivity contribution in [3.8, 4) is 0 Å². The van der Waals surface area contributed by atoms with Gasteiger partial charge in [0.05, 0.1) is 0 Å². The van der Waals surface area contributed by atoms with Crippen LogP contribution in [0.5, 0.6) is 0 Å². The highest BCUT2D eigenvalue weighted by atomic mass is 16.5. The molecule has 2 bridgehead atoms. The number of rotatable bonds is 3. The van der Waals surface area contributed by atoms with Crippen LogP contribution in [0.2, 0.25) is 0 Å². The predicted molar refractivity (Wildman–Crippen MR) is 100 cm³/mol. The van der Waals surface area contributed by atoms with E-state index in [0.29, 0.717) is 18.4 Å². The summed E-state index contributed by atoms with van der Waals surface area (Å²) in [6, 6.07) is 0.469. The van der Waals surface area contributed by atoms with Crippen LogP contribution in [-0.2, 0) is 4.74 Å². The van der Waals surface area contributed by atoms with Crippen molar-refractivity contribution in [2.24, 2.45) is 11.3 Å². The van der Waals surface area contributed by atoms with Crippen molar-refractivity contribution in [3.05, 3.63) is 34.6 Å². The molecule has 6 atom stereocenters. The summed E-state index contributed by atoms with van der Waals surface area (Å²) in [6.45, 7) is 5.16. The van der Waals surface area contributed by atoms with Crippen LogP contribution in [0.25, 0.3) is 0 Å². The average Bonchev–Trinajstić information content (AvgIpc) is 2.96. The molecule has 2 aliphatic heterocycles. The third kappa shape index (κ3) is 1.96. The normalized spacial score (nSPS) is 46.5. The lowest BCUT2D eigenvalue weighted by atomic mass is 9.50. The molecule has 5 aliphatic rings. The van der Waals surface area contributed by atoms with Crippen molar-refractivity contribution in [2.45, 2.75) is 76.2 Å². The zero-order valence-corrected chi connectivity index (χ0v) is 16.2. The Morgan fingerprint density at radius 1 is 1.35 bits per heavy atom. The quantitative estimate of drug-likeness (QED) is 0.763. The molecule has 0 amide bonds. The Hall–Kier alpha value is -1.10. The molecular formula is C22H31NO3. The molecule has 0 aromatic carbocycles. The first-order valence-electron chi connectivity index (χ1n) is 10.3. The molecule has 26 heavy (non-hydrogen) atoms. The van der Waals surface area contributed by atoms with Crippen LogP contribution in [0.15, 0.2) is 34.6 Å². The Labute approximate surface area is 156 Å². The number of aliphatic hydroxyl groups excluding tert-OH is 1. The molecule has 1 spiro atoms. The number of nitrogens with zero attached hydrogens (tertiary/aromatic N) is 1. The molecule has 2 heterocycles. The van der Waals surface area contributed by atoms with E-state index < -0.39 is 11.7 Å². The Balaban J connectivity index is 1.73. The number of piperidine rings is 1. The van der Waals surface area contributed by atoms with Gasteiger partial charge in [0.1, 0.15) is 23.6 Å². The topological polar surface area (TPSA) is 52.9 Å². The fourth-order valence-electron chi connectivity index (χ4n) is 6.55. The van der Waals surface area contributed by atoms with E-state index in [1.54, 1.807) is 0 Å². The van der Waals surface area contributed by atoms with Gasteiger partial charge in [-0.3, -0.25) is 0 Å². The number of aliphatic hydroxyl groups is 2. The predicted octanol–water partition coefficient (Wildman–Crippen LogP) is 2.92. The van der Waals surface area contributed by atoms with Crippen molar-refractivity contribution in [2.75, 3.05) is 13.6 Å². The second-order valence-electron chi connectivity index (χ2n) is 9.32. The number of unbranched alkanes of at least 4 members (excludes halogenated alkanes) is 1. The SMILES string of the molecule is CCCCC1=C2C[C@@H]3[C@@H]4C=C[C@H](O)[C@@H]5OC(=C2[C@]45CCN3C)C(C)(O)C1. The summed E-state index contributed by atoms with van der Waals surface area (Å²) in [5, 5.41) is 22.0. The molecule has 0 aromatic rings. The number of hydrogen-bond donors (Lipinski definition) is 2. The molecule has 2 N–H and O–H groups in total. The molecule has 0 radical (unpaired) electrons. The molecule has 2 fully saturated rings. The lowest BCUT2D eigenvalue weighted by Gasteiger charge is -2.58. The molecule has 1 unspecified atom stereocenters. The first-order valence-corrected chi connectivity index (χ1v) is 10.3. The third-order valence-electron chi connectivity index (χ3n) is 7.75. The third-order valence-corrected chi connectivity index (χ3v) is 7.75. The van der Waals surface area contributed by atoms with Gasteiger partial charge in [-0.05, 0) is 51.8 Å². The van der Waals surface area contributed by atoms with Gasteiger partial charge in [-0.25, -0.2) is 0 Å². The van der Waals surface area contributed by atoms with Crippen molar-refractivity contribution in [3.63, 3.8) is 0 Å². The van der Waals surface area contributed by atoms with Gasteiger partial charge in [-0.1, -0.05) is 31.1 Å². The maximum atomic E-state index is 11.3. The second-order valence-corrected chi connectivity index (χ2v) is 9.32. The van der Waals surface area contributed by atoms with Gasteiger partial charge >= 0.3 is 0 Å². The molecule has 0 aromatic heterocycles. The molecule has 142 valence electrons. The zero-order chi connectivity index (χ0) is 18.3. The van der Waals surface area contributed by atoms with Crippen LogP contribution in [0.4, 0.5) is 0 Å². The van der Waals surface area contributed by atoms with Gasteiger partial charge in [-0.15, -0.1) is 0 Å². The summed E-state index contributed by atoms with van der Waals surface area (Å²) in [5.74, 6) is 1.14. The van der Waals surface area contributed by atoms with Crippen LogP contribution in [0.1, 0.15) is 52.4 Å². The van der Waals surface area contributed by atoms with E-state index in [-0.39, 0.29) is 11.5 Å². The monoisotopic (exact) mass is 357 g/mol. The van der Waals surface area contributed by atoms with Crippen molar-refractivity contribution >= 4 is 0 Å². The Morgan fingerprint density at radius 3 is 2.92 bits per heavy atom. The summed E-state index contributed by atoms with van der Waals surface area (Å²) >= 11 is 0. The van der Waals surface area contributed by atoms with Gasteiger partial charge in [0, 0.05) is 29.4 Å². The summed E-state index contributed by atoms with van der Waals surface area (Å²) in [6.07, 6.45) is 9.47. The number of hydrogen-bond acceptors (Lipinski definition) is 4. The number of ether oxygens (including phenoxy) is 1. The van der Waals surface area contributed by atoms with Crippen LogP contribution in [-0.4, -0.2) is 52.6 Å². The van der Waals surface area contributed by atoms with E-state index in [1.807, 2.05) is 13.0 Å². The summed E-state index contributed by atoms with van der Waals surface area (Å²) < 4.78 is 6.42. The Kier molecular flexibility index (Phi) is 3.58. The first-order chi connectivity index (χ1) is 12.4. The van der Waals surface area contributed by atoms with E-state index in [1.165, 1.54) is 29.6 Å². The lowest BCUT2D eigenvalue weighted by molar-refractivity contribution is -0.101. The smallest absolute Gasteiger partial charge is 0.138 e. The lowest BCUT2D eigenvalue weighted by Crippen LogP contribution is -2.62. The van der Waals surface area contributed by atoms with E-state index >= 15 is 0 Å². The van der Waals surface area contributed by atoms with E-state index in [2.05, 4.69) is 24.9 Å². The van der Waals surface area contributed by atoms with E-state index in [9.17, 15) is 10.2 Å². The minimum absolute atomic E-state index is 0.157. The fraction of sp³-hybridized carbons (Fsp3) is 0.727. The van der Waals surface area contributed by atoms with Gasteiger partial charge < -0.3 is 19.8 Å². The van der Waals surface area contributed by atoms with Gasteiger partial charge in [0.15, 0.2) is 0 Å². The summed E-state index contributed by atoms with van der Waals surface area (Å²) in [5.41, 5.74) is 3.06. The van der Waals surface area contributed by atoms with E-state index in [4.69, 9.17) is 4.74 Å². The summed E-state index contributed by atoms with van der Waals surface area (Å²) in [7, 11) is 2.24. The maximum Gasteiger partial charge on any atom is 0.138 e. The molecule has 5 rings (SSSR count). The van der Waals surface area contributed by atoms with Crippen LogP contribution in [0, 0.1) is 11.3 Å². The van der Waals surface area contributed by atoms with Crippen molar-refractivity contribution in [1.82, 2.24) is 4.90 Å². The second kappa shape index (κ2) is 5.46. The molecular weight excluding hydrogens is 326 g/mol. The first kappa shape index (κ1) is 17.0. The van der Waals surface area contributed by atoms with Gasteiger partial charge in [-0.2, -0.15) is 0 Å². The van der Waals surface area contributed by atoms with E-state index in [0.717, 1.165) is 31.6 Å². The fourth-order valence-corrected chi connectivity index (χ4v) is 6.55.